The molecule has 3 heterocycles. The van der Waals surface area contributed by atoms with E-state index in [2.05, 4.69) is 38.8 Å². The highest BCUT2D eigenvalue weighted by Gasteiger charge is 2.26. The van der Waals surface area contributed by atoms with E-state index in [0.29, 0.717) is 5.75 Å². The van der Waals surface area contributed by atoms with Crippen LogP contribution in [0, 0.1) is 5.92 Å². The van der Waals surface area contributed by atoms with Gasteiger partial charge in [-0.05, 0) is 38.0 Å². The first-order valence-corrected chi connectivity index (χ1v) is 10.8. The van der Waals surface area contributed by atoms with Gasteiger partial charge in [0.2, 0.25) is 11.9 Å². The van der Waals surface area contributed by atoms with Crippen molar-refractivity contribution >= 4 is 23.6 Å². The molecule has 1 amide bonds. The summed E-state index contributed by atoms with van der Waals surface area (Å²) in [5, 5.41) is 12.6. The zero-order valence-electron chi connectivity index (χ0n) is 15.9. The minimum Gasteiger partial charge on any atom is -0.376 e. The number of rotatable bonds is 8. The molecule has 7 nitrogen and oxygen atoms in total. The Morgan fingerprint density at radius 3 is 2.81 bits per heavy atom. The molecule has 2 aliphatic heterocycles. The number of hydrogen-bond acceptors (Lipinski definition) is 6. The van der Waals surface area contributed by atoms with E-state index in [9.17, 15) is 4.79 Å². The van der Waals surface area contributed by atoms with E-state index in [0.717, 1.165) is 69.1 Å². The van der Waals surface area contributed by atoms with Gasteiger partial charge in [0.05, 0.1) is 18.4 Å². The Labute approximate surface area is 160 Å². The van der Waals surface area contributed by atoms with Gasteiger partial charge in [-0.1, -0.05) is 25.6 Å². The van der Waals surface area contributed by atoms with Gasteiger partial charge in [-0.2, -0.15) is 0 Å². The molecule has 1 atom stereocenters. The lowest BCUT2D eigenvalue weighted by Gasteiger charge is -2.31. The van der Waals surface area contributed by atoms with Gasteiger partial charge in [0, 0.05) is 26.2 Å². The van der Waals surface area contributed by atoms with Gasteiger partial charge in [0.25, 0.3) is 0 Å². The third-order valence-electron chi connectivity index (χ3n) is 5.08. The van der Waals surface area contributed by atoms with Crippen molar-refractivity contribution < 1.29 is 9.53 Å². The molecule has 1 aromatic rings. The van der Waals surface area contributed by atoms with Crippen LogP contribution in [-0.4, -0.2) is 58.8 Å². The normalized spacial score (nSPS) is 21.3. The molecule has 2 saturated heterocycles. The number of nitrogens with zero attached hydrogens (tertiary/aromatic N) is 4. The van der Waals surface area contributed by atoms with Crippen molar-refractivity contribution in [1.29, 1.82) is 0 Å². The minimum atomic E-state index is 0.0527. The lowest BCUT2D eigenvalue weighted by molar-refractivity contribution is -0.118. The molecule has 1 N–H and O–H groups in total. The van der Waals surface area contributed by atoms with Gasteiger partial charge in [-0.25, -0.2) is 0 Å². The zero-order chi connectivity index (χ0) is 18.4. The largest absolute Gasteiger partial charge is 0.376 e. The summed E-state index contributed by atoms with van der Waals surface area (Å²) in [6, 6.07) is 0. The maximum Gasteiger partial charge on any atom is 0.230 e. The zero-order valence-corrected chi connectivity index (χ0v) is 16.8. The third-order valence-corrected chi connectivity index (χ3v) is 6.05. The molecule has 146 valence electrons. The van der Waals surface area contributed by atoms with Crippen LogP contribution in [0.2, 0.25) is 0 Å². The van der Waals surface area contributed by atoms with E-state index in [1.54, 1.807) is 0 Å². The number of nitrogens with one attached hydrogen (secondary N) is 1. The average molecular weight is 382 g/mol. The maximum atomic E-state index is 12.0. The second-order valence-corrected chi connectivity index (χ2v) is 8.28. The van der Waals surface area contributed by atoms with Crippen LogP contribution < -0.4 is 10.2 Å². The molecule has 1 unspecified atom stereocenters. The van der Waals surface area contributed by atoms with Crippen molar-refractivity contribution in [3.05, 3.63) is 0 Å². The standard InChI is InChI=1S/C18H31N5O2S/c1-3-8-19-16(24)13-26-18-21-20-17(22-9-6-14(2)7-10-22)23(18)12-15-5-4-11-25-15/h14-15H,3-13H2,1-2H3,(H,19,24). The highest BCUT2D eigenvalue weighted by Crippen LogP contribution is 2.27. The topological polar surface area (TPSA) is 72.3 Å². The van der Waals surface area contributed by atoms with Gasteiger partial charge in [0.15, 0.2) is 5.16 Å². The fourth-order valence-electron chi connectivity index (χ4n) is 3.43. The number of ether oxygens (including phenoxy) is 1. The smallest absolute Gasteiger partial charge is 0.230 e. The Hall–Kier alpha value is -1.28. The molecule has 2 fully saturated rings. The SMILES string of the molecule is CCCNC(=O)CSc1nnc(N2CCC(C)CC2)n1CC1CCCO1. The van der Waals surface area contributed by atoms with E-state index >= 15 is 0 Å². The van der Waals surface area contributed by atoms with Crippen LogP contribution >= 0.6 is 11.8 Å². The van der Waals surface area contributed by atoms with Crippen LogP contribution in [0.4, 0.5) is 5.95 Å². The van der Waals surface area contributed by atoms with Gasteiger partial charge in [-0.15, -0.1) is 10.2 Å². The highest BCUT2D eigenvalue weighted by molar-refractivity contribution is 7.99. The second-order valence-electron chi connectivity index (χ2n) is 7.34. The number of carbonyl (C=O) groups excluding carboxylic acids is 1. The van der Waals surface area contributed by atoms with Crippen LogP contribution in [-0.2, 0) is 16.1 Å². The predicted octanol–water partition coefficient (Wildman–Crippen LogP) is 2.31. The number of piperidine rings is 1. The van der Waals surface area contributed by atoms with Gasteiger partial charge >= 0.3 is 0 Å². The molecule has 0 saturated carbocycles. The quantitative estimate of drug-likeness (QED) is 0.697. The van der Waals surface area contributed by atoms with E-state index in [1.165, 1.54) is 24.6 Å². The second kappa shape index (κ2) is 9.60. The molecule has 0 radical (unpaired) electrons. The number of carbonyl (C=O) groups is 1. The van der Waals surface area contributed by atoms with Crippen LogP contribution in [0.3, 0.4) is 0 Å². The minimum absolute atomic E-state index is 0.0527. The molecule has 0 aliphatic carbocycles. The number of thioether (sulfide) groups is 1. The van der Waals surface area contributed by atoms with Crippen LogP contribution in [0.1, 0.15) is 46.0 Å². The van der Waals surface area contributed by atoms with E-state index in [1.807, 2.05) is 0 Å². The van der Waals surface area contributed by atoms with Crippen molar-refractivity contribution in [2.45, 2.75) is 63.8 Å². The highest BCUT2D eigenvalue weighted by atomic mass is 32.2. The summed E-state index contributed by atoms with van der Waals surface area (Å²) in [5.74, 6) is 2.14. The van der Waals surface area contributed by atoms with E-state index < -0.39 is 0 Å². The summed E-state index contributed by atoms with van der Waals surface area (Å²) in [7, 11) is 0. The summed E-state index contributed by atoms with van der Waals surface area (Å²) in [6.07, 6.45) is 5.75. The third kappa shape index (κ3) is 5.13. The van der Waals surface area contributed by atoms with Crippen molar-refractivity contribution in [1.82, 2.24) is 20.1 Å². The summed E-state index contributed by atoms with van der Waals surface area (Å²) in [5.41, 5.74) is 0. The monoisotopic (exact) mass is 381 g/mol. The molecule has 1 aromatic heterocycles. The molecule has 2 aliphatic rings. The van der Waals surface area contributed by atoms with Crippen molar-refractivity contribution in [3.63, 3.8) is 0 Å². The Kier molecular flexibility index (Phi) is 7.19. The first kappa shape index (κ1) is 19.5. The maximum absolute atomic E-state index is 12.0. The molecule has 26 heavy (non-hydrogen) atoms. The fourth-order valence-corrected chi connectivity index (χ4v) is 4.20. The van der Waals surface area contributed by atoms with Gasteiger partial charge in [-0.3, -0.25) is 9.36 Å². The van der Waals surface area contributed by atoms with Crippen LogP contribution in [0.25, 0.3) is 0 Å². The molecular weight excluding hydrogens is 350 g/mol. The average Bonchev–Trinajstić information content (AvgIpc) is 3.29. The van der Waals surface area contributed by atoms with Gasteiger partial charge < -0.3 is 15.0 Å². The summed E-state index contributed by atoms with van der Waals surface area (Å²) in [6.45, 7) is 8.73. The first-order chi connectivity index (χ1) is 12.7. The Bertz CT molecular complexity index is 580. The Balaban J connectivity index is 1.69. The summed E-state index contributed by atoms with van der Waals surface area (Å²) in [4.78, 5) is 14.3. The number of anilines is 1. The van der Waals surface area contributed by atoms with Crippen LogP contribution in [0.15, 0.2) is 5.16 Å². The van der Waals surface area contributed by atoms with Crippen LogP contribution in [0.5, 0.6) is 0 Å². The molecule has 3 rings (SSSR count). The predicted molar refractivity (Wildman–Crippen MR) is 104 cm³/mol. The van der Waals surface area contributed by atoms with Crippen molar-refractivity contribution in [2.24, 2.45) is 5.92 Å². The van der Waals surface area contributed by atoms with Gasteiger partial charge in [0.1, 0.15) is 0 Å². The molecule has 8 heteroatoms. The van der Waals surface area contributed by atoms with E-state index in [-0.39, 0.29) is 12.0 Å². The lowest BCUT2D eigenvalue weighted by atomic mass is 10.00. The lowest BCUT2D eigenvalue weighted by Crippen LogP contribution is -2.35. The fraction of sp³-hybridized carbons (Fsp3) is 0.833. The number of aromatic nitrogens is 3. The molecule has 0 spiro atoms. The summed E-state index contributed by atoms with van der Waals surface area (Å²) >= 11 is 1.47. The Morgan fingerprint density at radius 2 is 2.12 bits per heavy atom. The first-order valence-electron chi connectivity index (χ1n) is 9.86. The summed E-state index contributed by atoms with van der Waals surface area (Å²) < 4.78 is 8.01. The van der Waals surface area contributed by atoms with Crippen molar-refractivity contribution in [3.8, 4) is 0 Å². The molecular formula is C18H31N5O2S. The molecule has 0 bridgehead atoms. The molecule has 0 aromatic carbocycles. The van der Waals surface area contributed by atoms with Crippen molar-refractivity contribution in [2.75, 3.05) is 36.9 Å². The van der Waals surface area contributed by atoms with E-state index in [4.69, 9.17) is 4.74 Å². The Morgan fingerprint density at radius 1 is 1.31 bits per heavy atom. The number of amides is 1. The number of hydrogen-bond donors (Lipinski definition) is 1.